The molecule has 0 saturated carbocycles. The van der Waals surface area contributed by atoms with E-state index >= 15 is 0 Å². The van der Waals surface area contributed by atoms with Crippen molar-refractivity contribution < 1.29 is 13.5 Å². The molecule has 0 aromatic carbocycles. The average molecular weight is 204 g/mol. The number of hydrogen-bond donors (Lipinski definition) is 2. The van der Waals surface area contributed by atoms with Gasteiger partial charge in [-0.05, 0) is 0 Å². The van der Waals surface area contributed by atoms with Crippen LogP contribution >= 0.6 is 0 Å². The molecule has 1 rings (SSSR count). The number of H-pyrrole nitrogens is 1. The first-order chi connectivity index (χ1) is 6.61. The van der Waals surface area contributed by atoms with Gasteiger partial charge in [0.2, 0.25) is 0 Å². The second kappa shape index (κ2) is 4.19. The number of pyridine rings is 1. The van der Waals surface area contributed by atoms with Crippen LogP contribution in [0.5, 0.6) is 5.75 Å². The van der Waals surface area contributed by atoms with Crippen LogP contribution in [-0.4, -0.2) is 12.1 Å². The minimum absolute atomic E-state index is 0.0475. The number of rotatable bonds is 3. The molecular weight excluding hydrogens is 194 g/mol. The zero-order chi connectivity index (χ0) is 10.7. The second-order valence-electron chi connectivity index (χ2n) is 2.58. The SMILES string of the molecule is COc1c[nH]c(=O)c(C(F)F)c1CN. The topological polar surface area (TPSA) is 68.1 Å². The van der Waals surface area contributed by atoms with Gasteiger partial charge >= 0.3 is 0 Å². The second-order valence-corrected chi connectivity index (χ2v) is 2.58. The molecule has 3 N–H and O–H groups in total. The Kier molecular flexibility index (Phi) is 3.19. The van der Waals surface area contributed by atoms with Crippen LogP contribution in [0.15, 0.2) is 11.0 Å². The maximum atomic E-state index is 12.5. The lowest BCUT2D eigenvalue weighted by Crippen LogP contribution is -2.18. The zero-order valence-electron chi connectivity index (χ0n) is 7.51. The molecule has 0 radical (unpaired) electrons. The normalized spacial score (nSPS) is 10.6. The third-order valence-corrected chi connectivity index (χ3v) is 1.84. The molecule has 0 saturated heterocycles. The third-order valence-electron chi connectivity index (χ3n) is 1.84. The minimum atomic E-state index is -2.85. The molecule has 1 aromatic heterocycles. The van der Waals surface area contributed by atoms with Gasteiger partial charge in [0, 0.05) is 18.3 Å². The van der Waals surface area contributed by atoms with Gasteiger partial charge in [-0.1, -0.05) is 0 Å². The Morgan fingerprint density at radius 2 is 2.29 bits per heavy atom. The number of aromatic nitrogens is 1. The number of ether oxygens (including phenoxy) is 1. The van der Waals surface area contributed by atoms with Crippen LogP contribution in [0.1, 0.15) is 17.6 Å². The molecule has 0 amide bonds. The number of halogens is 2. The number of hydrogen-bond acceptors (Lipinski definition) is 3. The van der Waals surface area contributed by atoms with Crippen LogP contribution in [0.2, 0.25) is 0 Å². The predicted molar refractivity (Wildman–Crippen MR) is 46.5 cm³/mol. The first kappa shape index (κ1) is 10.6. The Hall–Kier alpha value is -1.43. The smallest absolute Gasteiger partial charge is 0.269 e. The first-order valence-corrected chi connectivity index (χ1v) is 3.88. The molecule has 0 atom stereocenters. The molecule has 1 aromatic rings. The highest BCUT2D eigenvalue weighted by Gasteiger charge is 2.19. The van der Waals surface area contributed by atoms with Crippen LogP contribution in [0, 0.1) is 0 Å². The predicted octanol–water partition coefficient (Wildman–Crippen LogP) is 0.780. The summed E-state index contributed by atoms with van der Waals surface area (Å²) in [5.74, 6) is 0.169. The van der Waals surface area contributed by atoms with Gasteiger partial charge in [0.1, 0.15) is 5.75 Å². The molecule has 1 heterocycles. The molecule has 0 spiro atoms. The highest BCUT2D eigenvalue weighted by atomic mass is 19.3. The zero-order valence-corrected chi connectivity index (χ0v) is 7.51. The van der Waals surface area contributed by atoms with E-state index in [1.165, 1.54) is 13.3 Å². The van der Waals surface area contributed by atoms with Crippen molar-refractivity contribution in [2.75, 3.05) is 7.11 Å². The van der Waals surface area contributed by atoms with Gasteiger partial charge in [-0.2, -0.15) is 0 Å². The van der Waals surface area contributed by atoms with E-state index in [9.17, 15) is 13.6 Å². The summed E-state index contributed by atoms with van der Waals surface area (Å²) in [6, 6.07) is 0. The van der Waals surface area contributed by atoms with Gasteiger partial charge in [-0.25, -0.2) is 8.78 Å². The largest absolute Gasteiger partial charge is 0.495 e. The molecule has 6 heteroatoms. The Morgan fingerprint density at radius 1 is 1.64 bits per heavy atom. The van der Waals surface area contributed by atoms with E-state index in [4.69, 9.17) is 10.5 Å². The number of alkyl halides is 2. The summed E-state index contributed by atoms with van der Waals surface area (Å²) in [4.78, 5) is 13.2. The van der Waals surface area contributed by atoms with Crippen molar-refractivity contribution in [1.82, 2.24) is 4.98 Å². The molecule has 0 bridgehead atoms. The Balaban J connectivity index is 3.43. The summed E-state index contributed by atoms with van der Waals surface area (Å²) in [6.07, 6.45) is -1.64. The van der Waals surface area contributed by atoms with Crippen molar-refractivity contribution >= 4 is 0 Å². The fraction of sp³-hybridized carbons (Fsp3) is 0.375. The summed E-state index contributed by atoms with van der Waals surface area (Å²) in [5.41, 5.74) is 3.86. The molecule has 14 heavy (non-hydrogen) atoms. The van der Waals surface area contributed by atoms with Gasteiger partial charge in [-0.15, -0.1) is 0 Å². The molecule has 4 nitrogen and oxygen atoms in total. The monoisotopic (exact) mass is 204 g/mol. The molecule has 78 valence electrons. The van der Waals surface area contributed by atoms with Crippen molar-refractivity contribution in [3.63, 3.8) is 0 Å². The van der Waals surface area contributed by atoms with E-state index in [2.05, 4.69) is 4.98 Å². The van der Waals surface area contributed by atoms with Gasteiger partial charge in [0.05, 0.1) is 12.7 Å². The first-order valence-electron chi connectivity index (χ1n) is 3.88. The Labute approximate surface area is 78.7 Å². The standard InChI is InChI=1S/C8H10F2N2O2/c1-14-5-3-12-8(13)6(7(9)10)4(5)2-11/h3,7H,2,11H2,1H3,(H,12,13). The van der Waals surface area contributed by atoms with E-state index in [1.54, 1.807) is 0 Å². The Bertz CT molecular complexity index is 376. The van der Waals surface area contributed by atoms with Crippen molar-refractivity contribution in [2.24, 2.45) is 5.73 Å². The number of aromatic amines is 1. The van der Waals surface area contributed by atoms with Crippen LogP contribution in [0.25, 0.3) is 0 Å². The van der Waals surface area contributed by atoms with Crippen LogP contribution in [-0.2, 0) is 6.54 Å². The van der Waals surface area contributed by atoms with Crippen LogP contribution < -0.4 is 16.0 Å². The summed E-state index contributed by atoms with van der Waals surface area (Å²) >= 11 is 0. The molecule has 0 aliphatic rings. The van der Waals surface area contributed by atoms with E-state index in [0.29, 0.717) is 0 Å². The average Bonchev–Trinajstić information content (AvgIpc) is 2.16. The number of methoxy groups -OCH3 is 1. The number of nitrogens with two attached hydrogens (primary N) is 1. The van der Waals surface area contributed by atoms with E-state index in [1.807, 2.05) is 0 Å². The number of nitrogens with one attached hydrogen (secondary N) is 1. The lowest BCUT2D eigenvalue weighted by molar-refractivity contribution is 0.148. The van der Waals surface area contributed by atoms with E-state index < -0.39 is 17.5 Å². The highest BCUT2D eigenvalue weighted by Crippen LogP contribution is 2.25. The summed E-state index contributed by atoms with van der Waals surface area (Å²) in [7, 11) is 1.32. The fourth-order valence-electron chi connectivity index (χ4n) is 1.19. The van der Waals surface area contributed by atoms with Gasteiger partial charge in [0.25, 0.3) is 12.0 Å². The van der Waals surface area contributed by atoms with Crippen LogP contribution in [0.4, 0.5) is 8.78 Å². The summed E-state index contributed by atoms with van der Waals surface area (Å²) < 4.78 is 29.7. The molecule has 0 unspecified atom stereocenters. The van der Waals surface area contributed by atoms with Crippen LogP contribution in [0.3, 0.4) is 0 Å². The highest BCUT2D eigenvalue weighted by molar-refractivity contribution is 5.37. The summed E-state index contributed by atoms with van der Waals surface area (Å²) in [5, 5.41) is 0. The maximum absolute atomic E-state index is 12.5. The third kappa shape index (κ3) is 1.74. The lowest BCUT2D eigenvalue weighted by Gasteiger charge is -2.10. The van der Waals surface area contributed by atoms with Gasteiger partial charge in [-0.3, -0.25) is 4.79 Å². The Morgan fingerprint density at radius 3 is 2.71 bits per heavy atom. The summed E-state index contributed by atoms with van der Waals surface area (Å²) in [6.45, 7) is -0.160. The molecule has 0 fully saturated rings. The van der Waals surface area contributed by atoms with Crippen molar-refractivity contribution in [3.8, 4) is 5.75 Å². The lowest BCUT2D eigenvalue weighted by atomic mass is 10.1. The van der Waals surface area contributed by atoms with Gasteiger partial charge in [0.15, 0.2) is 0 Å². The quantitative estimate of drug-likeness (QED) is 0.764. The van der Waals surface area contributed by atoms with E-state index in [0.717, 1.165) is 0 Å². The molecular formula is C8H10F2N2O2. The molecule has 0 aliphatic carbocycles. The van der Waals surface area contributed by atoms with Gasteiger partial charge < -0.3 is 15.5 Å². The van der Waals surface area contributed by atoms with Crippen molar-refractivity contribution in [2.45, 2.75) is 13.0 Å². The minimum Gasteiger partial charge on any atom is -0.495 e. The fourth-order valence-corrected chi connectivity index (χ4v) is 1.19. The van der Waals surface area contributed by atoms with Crippen molar-refractivity contribution in [3.05, 3.63) is 27.7 Å². The van der Waals surface area contributed by atoms with E-state index in [-0.39, 0.29) is 17.9 Å². The molecule has 0 aliphatic heterocycles. The maximum Gasteiger partial charge on any atom is 0.269 e. The van der Waals surface area contributed by atoms with Crippen molar-refractivity contribution in [1.29, 1.82) is 0 Å².